The van der Waals surface area contributed by atoms with E-state index in [0.29, 0.717) is 32.7 Å². The van der Waals surface area contributed by atoms with Gasteiger partial charge in [0.25, 0.3) is 5.69 Å². The Morgan fingerprint density at radius 3 is 2.59 bits per heavy atom. The summed E-state index contributed by atoms with van der Waals surface area (Å²) in [5, 5.41) is 11.3. The van der Waals surface area contributed by atoms with Gasteiger partial charge < -0.3 is 14.5 Å². The second kappa shape index (κ2) is 11.5. The fourth-order valence-electron chi connectivity index (χ4n) is 4.63. The van der Waals surface area contributed by atoms with E-state index in [-0.39, 0.29) is 29.2 Å². The van der Waals surface area contributed by atoms with E-state index >= 15 is 0 Å². The smallest absolute Gasteiger partial charge is 0.416 e. The molecule has 2 aromatic rings. The number of nitro benzene ring substituents is 1. The van der Waals surface area contributed by atoms with Crippen molar-refractivity contribution < 1.29 is 27.6 Å². The molecule has 37 heavy (non-hydrogen) atoms. The van der Waals surface area contributed by atoms with Gasteiger partial charge in [-0.3, -0.25) is 15.0 Å². The van der Waals surface area contributed by atoms with Crippen molar-refractivity contribution in [1.82, 2.24) is 14.8 Å². The maximum atomic E-state index is 13.0. The van der Waals surface area contributed by atoms with Crippen LogP contribution in [0.5, 0.6) is 0 Å². The molecule has 1 amide bonds. The van der Waals surface area contributed by atoms with E-state index < -0.39 is 22.8 Å². The third-order valence-corrected chi connectivity index (χ3v) is 7.00. The van der Waals surface area contributed by atoms with Gasteiger partial charge in [0, 0.05) is 51.0 Å². The van der Waals surface area contributed by atoms with E-state index in [1.54, 1.807) is 15.9 Å². The molecule has 9 nitrogen and oxygen atoms in total. The molecule has 3 heterocycles. The Kier molecular flexibility index (Phi) is 8.38. The van der Waals surface area contributed by atoms with Gasteiger partial charge in [0.2, 0.25) is 0 Å². The van der Waals surface area contributed by atoms with Gasteiger partial charge in [-0.25, -0.2) is 9.78 Å². The fraction of sp³-hybridized carbons (Fsp3) is 0.500. The average molecular weight is 542 g/mol. The highest BCUT2D eigenvalue weighted by Gasteiger charge is 2.32. The average Bonchev–Trinajstić information content (AvgIpc) is 2.88. The van der Waals surface area contributed by atoms with Gasteiger partial charge in [-0.1, -0.05) is 24.1 Å². The number of nitrogens with zero attached hydrogens (tertiary/aromatic N) is 5. The van der Waals surface area contributed by atoms with Crippen molar-refractivity contribution in [2.24, 2.45) is 0 Å². The van der Waals surface area contributed by atoms with Crippen LogP contribution in [0.3, 0.4) is 0 Å². The number of benzene rings is 1. The lowest BCUT2D eigenvalue weighted by Gasteiger charge is -2.37. The summed E-state index contributed by atoms with van der Waals surface area (Å²) >= 11 is 5.92. The van der Waals surface area contributed by atoms with Crippen molar-refractivity contribution in [3.05, 3.63) is 62.8 Å². The Balaban J connectivity index is 1.29. The Morgan fingerprint density at radius 2 is 1.89 bits per heavy atom. The number of pyridine rings is 1. The number of hydrogen-bond donors (Lipinski definition) is 0. The van der Waals surface area contributed by atoms with Crippen LogP contribution in [-0.4, -0.2) is 71.2 Å². The van der Waals surface area contributed by atoms with E-state index in [4.69, 9.17) is 16.3 Å². The van der Waals surface area contributed by atoms with E-state index in [2.05, 4.69) is 9.88 Å². The van der Waals surface area contributed by atoms with Crippen LogP contribution in [0.4, 0.5) is 29.5 Å². The van der Waals surface area contributed by atoms with Crippen LogP contribution in [-0.2, 0) is 17.5 Å². The van der Waals surface area contributed by atoms with Crippen LogP contribution in [0.15, 0.2) is 36.5 Å². The number of anilines is 1. The van der Waals surface area contributed by atoms with E-state index in [0.717, 1.165) is 49.7 Å². The Morgan fingerprint density at radius 1 is 1.14 bits per heavy atom. The highest BCUT2D eigenvalue weighted by molar-refractivity contribution is 6.32. The van der Waals surface area contributed by atoms with E-state index in [1.807, 2.05) is 0 Å². The predicted octanol–water partition coefficient (Wildman–Crippen LogP) is 4.98. The summed E-state index contributed by atoms with van der Waals surface area (Å²) in [5.41, 5.74) is -0.142. The number of rotatable bonds is 6. The van der Waals surface area contributed by atoms with Crippen molar-refractivity contribution in [2.45, 2.75) is 38.0 Å². The molecule has 13 heteroatoms. The van der Waals surface area contributed by atoms with Crippen LogP contribution < -0.4 is 4.90 Å². The lowest BCUT2D eigenvalue weighted by Crippen LogP contribution is -2.50. The Hall–Kier alpha value is -3.12. The van der Waals surface area contributed by atoms with Crippen LogP contribution in [0.25, 0.3) is 0 Å². The number of piperazine rings is 1. The van der Waals surface area contributed by atoms with Gasteiger partial charge in [0.05, 0.1) is 10.5 Å². The maximum Gasteiger partial charge on any atom is 0.416 e. The maximum absolute atomic E-state index is 13.0. The zero-order valence-electron chi connectivity index (χ0n) is 20.0. The third kappa shape index (κ3) is 6.80. The summed E-state index contributed by atoms with van der Waals surface area (Å²) in [5.74, 6) is 0.225. The van der Waals surface area contributed by atoms with Crippen molar-refractivity contribution in [2.75, 3.05) is 44.2 Å². The number of ether oxygens (including phenoxy) is 1. The molecule has 2 aliphatic heterocycles. The number of carbonyl (C=O) groups is 1. The molecule has 2 fully saturated rings. The molecule has 2 aliphatic rings. The predicted molar refractivity (Wildman–Crippen MR) is 131 cm³/mol. The number of halogens is 4. The minimum Gasteiger partial charge on any atom is -0.448 e. The molecular formula is C24H27ClF3N5O4. The minimum absolute atomic E-state index is 0.0250. The number of nitro groups is 1. The first-order chi connectivity index (χ1) is 17.6. The molecule has 0 aliphatic carbocycles. The van der Waals surface area contributed by atoms with Gasteiger partial charge in [0.15, 0.2) is 0 Å². The first-order valence-electron chi connectivity index (χ1n) is 12.0. The quantitative estimate of drug-likeness (QED) is 0.376. The number of likely N-dealkylation sites (tertiary alicyclic amines) is 1. The van der Waals surface area contributed by atoms with Crippen LogP contribution in [0.2, 0.25) is 5.02 Å². The lowest BCUT2D eigenvalue weighted by atomic mass is 10.0. The second-order valence-corrected chi connectivity index (χ2v) is 9.52. The number of hydrogen-bond acceptors (Lipinski definition) is 7. The Bertz CT molecular complexity index is 1130. The largest absolute Gasteiger partial charge is 0.448 e. The highest BCUT2D eigenvalue weighted by atomic mass is 35.5. The summed E-state index contributed by atoms with van der Waals surface area (Å²) in [6, 6.07) is 6.66. The molecule has 0 radical (unpaired) electrons. The monoisotopic (exact) mass is 541 g/mol. The highest BCUT2D eigenvalue weighted by Crippen LogP contribution is 2.31. The molecular weight excluding hydrogens is 515 g/mol. The van der Waals surface area contributed by atoms with Crippen LogP contribution >= 0.6 is 11.6 Å². The van der Waals surface area contributed by atoms with Crippen molar-refractivity contribution in [3.8, 4) is 0 Å². The fourth-order valence-corrected chi connectivity index (χ4v) is 4.82. The summed E-state index contributed by atoms with van der Waals surface area (Å²) in [6.07, 6.45) is -0.981. The normalized spacial score (nSPS) is 19.1. The second-order valence-electron chi connectivity index (χ2n) is 9.11. The van der Waals surface area contributed by atoms with Crippen LogP contribution in [0, 0.1) is 10.1 Å². The molecule has 1 unspecified atom stereocenters. The standard InChI is InChI=1S/C24H27ClF3N5O4/c25-20-5-4-17(13-21(20)33(35)36)15-32-8-2-1-3-19(32)16-37-23(34)31-11-9-30(10-12-31)22-14-18(6-7-29-22)24(26,27)28/h4-7,13-14,19H,1-3,8-12,15-16H2. The molecule has 1 atom stereocenters. The minimum atomic E-state index is -4.45. The van der Waals surface area contributed by atoms with Gasteiger partial charge in [-0.2, -0.15) is 13.2 Å². The SMILES string of the molecule is O=C(OCC1CCCCN1Cc1ccc(Cl)c([N+](=O)[O-])c1)N1CCN(c2cc(C(F)(F)F)ccn2)CC1. The van der Waals surface area contributed by atoms with Gasteiger partial charge in [-0.15, -0.1) is 0 Å². The number of aromatic nitrogens is 1. The van der Waals surface area contributed by atoms with Crippen molar-refractivity contribution in [3.63, 3.8) is 0 Å². The number of piperidine rings is 1. The Labute approximate surface area is 216 Å². The summed E-state index contributed by atoms with van der Waals surface area (Å²) in [4.78, 5) is 32.9. The first-order valence-corrected chi connectivity index (χ1v) is 12.4. The van der Waals surface area contributed by atoms with Gasteiger partial charge in [-0.05, 0) is 43.1 Å². The van der Waals surface area contributed by atoms with E-state index in [1.165, 1.54) is 12.1 Å². The molecule has 0 saturated carbocycles. The third-order valence-electron chi connectivity index (χ3n) is 6.68. The molecule has 1 aromatic heterocycles. The summed E-state index contributed by atoms with van der Waals surface area (Å²) in [7, 11) is 0. The summed E-state index contributed by atoms with van der Waals surface area (Å²) in [6.45, 7) is 2.73. The number of amides is 1. The molecule has 0 bridgehead atoms. The van der Waals surface area contributed by atoms with Gasteiger partial charge in [0.1, 0.15) is 17.4 Å². The topological polar surface area (TPSA) is 92.0 Å². The molecule has 0 spiro atoms. The molecule has 0 N–H and O–H groups in total. The number of alkyl halides is 3. The first kappa shape index (κ1) is 26.9. The van der Waals surface area contributed by atoms with Crippen LogP contribution in [0.1, 0.15) is 30.4 Å². The molecule has 2 saturated heterocycles. The molecule has 1 aromatic carbocycles. The van der Waals surface area contributed by atoms with Gasteiger partial charge >= 0.3 is 12.3 Å². The molecule has 4 rings (SSSR count). The lowest BCUT2D eigenvalue weighted by molar-refractivity contribution is -0.384. The van der Waals surface area contributed by atoms with Crippen molar-refractivity contribution in [1.29, 1.82) is 0 Å². The zero-order chi connectivity index (χ0) is 26.6. The van der Waals surface area contributed by atoms with Crippen molar-refractivity contribution >= 4 is 29.2 Å². The molecule has 200 valence electrons. The summed E-state index contributed by atoms with van der Waals surface area (Å²) < 4.78 is 44.6. The number of carbonyl (C=O) groups excluding carboxylic acids is 1. The zero-order valence-corrected chi connectivity index (χ0v) is 20.7. The van der Waals surface area contributed by atoms with E-state index in [9.17, 15) is 28.1 Å².